The van der Waals surface area contributed by atoms with Gasteiger partial charge in [0.25, 0.3) is 0 Å². The van der Waals surface area contributed by atoms with Crippen LogP contribution in [-0.2, 0) is 11.3 Å². The van der Waals surface area contributed by atoms with Crippen LogP contribution in [-0.4, -0.2) is 18.8 Å². The number of aliphatic hydroxyl groups is 1. The number of methoxy groups -OCH3 is 1. The Bertz CT molecular complexity index is 439. The summed E-state index contributed by atoms with van der Waals surface area (Å²) in [5.74, 6) is 0.797. The van der Waals surface area contributed by atoms with Crippen LogP contribution < -0.4 is 5.73 Å². The van der Waals surface area contributed by atoms with Crippen LogP contribution in [0.3, 0.4) is 0 Å². The van der Waals surface area contributed by atoms with E-state index >= 15 is 0 Å². The summed E-state index contributed by atoms with van der Waals surface area (Å²) >= 11 is 0. The van der Waals surface area contributed by atoms with Crippen molar-refractivity contribution in [1.82, 2.24) is 0 Å². The highest BCUT2D eigenvalue weighted by atomic mass is 16.5. The van der Waals surface area contributed by atoms with E-state index in [1.54, 1.807) is 7.11 Å². The summed E-state index contributed by atoms with van der Waals surface area (Å²) in [4.78, 5) is 0. The highest BCUT2D eigenvalue weighted by molar-refractivity contribution is 5.30. The SMILES string of the molecule is CCC1CCC(CN)(C(O)c2ccccc2COC)CC1. The number of hydrogen-bond donors (Lipinski definition) is 2. The molecule has 0 spiro atoms. The Morgan fingerprint density at radius 3 is 2.57 bits per heavy atom. The Hall–Kier alpha value is -0.900. The Balaban J connectivity index is 2.22. The van der Waals surface area contributed by atoms with E-state index in [4.69, 9.17) is 10.5 Å². The molecule has 0 heterocycles. The molecule has 1 aromatic carbocycles. The number of hydrogen-bond acceptors (Lipinski definition) is 3. The van der Waals surface area contributed by atoms with Gasteiger partial charge in [0, 0.05) is 19.1 Å². The molecule has 1 atom stereocenters. The smallest absolute Gasteiger partial charge is 0.0861 e. The second kappa shape index (κ2) is 7.39. The average Bonchev–Trinajstić information content (AvgIpc) is 2.55. The van der Waals surface area contributed by atoms with Gasteiger partial charge in [-0.05, 0) is 42.7 Å². The highest BCUT2D eigenvalue weighted by Gasteiger charge is 2.41. The summed E-state index contributed by atoms with van der Waals surface area (Å²) in [6.07, 6.45) is 5.13. The van der Waals surface area contributed by atoms with Gasteiger partial charge in [0.1, 0.15) is 0 Å². The predicted molar refractivity (Wildman–Crippen MR) is 85.9 cm³/mol. The second-order valence-electron chi connectivity index (χ2n) is 6.45. The molecule has 0 aromatic heterocycles. The lowest BCUT2D eigenvalue weighted by molar-refractivity contribution is -0.0116. The molecule has 1 fully saturated rings. The Morgan fingerprint density at radius 1 is 1.33 bits per heavy atom. The first-order valence-corrected chi connectivity index (χ1v) is 8.11. The van der Waals surface area contributed by atoms with Gasteiger partial charge in [-0.2, -0.15) is 0 Å². The van der Waals surface area contributed by atoms with Crippen molar-refractivity contribution in [2.45, 2.75) is 51.7 Å². The zero-order chi connectivity index (χ0) is 15.3. The lowest BCUT2D eigenvalue weighted by Crippen LogP contribution is -2.40. The van der Waals surface area contributed by atoms with Crippen LogP contribution >= 0.6 is 0 Å². The van der Waals surface area contributed by atoms with Crippen molar-refractivity contribution in [1.29, 1.82) is 0 Å². The van der Waals surface area contributed by atoms with Gasteiger partial charge >= 0.3 is 0 Å². The van der Waals surface area contributed by atoms with Crippen LogP contribution in [0.2, 0.25) is 0 Å². The predicted octanol–water partition coefficient (Wildman–Crippen LogP) is 3.41. The maximum atomic E-state index is 11.0. The van der Waals surface area contributed by atoms with Gasteiger partial charge < -0.3 is 15.6 Å². The van der Waals surface area contributed by atoms with Gasteiger partial charge in [-0.3, -0.25) is 0 Å². The molecule has 2 rings (SSSR count). The molecule has 0 saturated heterocycles. The van der Waals surface area contributed by atoms with E-state index in [1.807, 2.05) is 24.3 Å². The van der Waals surface area contributed by atoms with Crippen LogP contribution in [0.15, 0.2) is 24.3 Å². The normalized spacial score (nSPS) is 27.5. The summed E-state index contributed by atoms with van der Waals surface area (Å²) in [6, 6.07) is 8.03. The van der Waals surface area contributed by atoms with E-state index in [0.29, 0.717) is 13.2 Å². The molecule has 1 aliphatic rings. The van der Waals surface area contributed by atoms with Crippen molar-refractivity contribution in [3.05, 3.63) is 35.4 Å². The van der Waals surface area contributed by atoms with Crippen molar-refractivity contribution in [3.63, 3.8) is 0 Å². The van der Waals surface area contributed by atoms with Crippen LogP contribution in [0.4, 0.5) is 0 Å². The van der Waals surface area contributed by atoms with Gasteiger partial charge in [0.2, 0.25) is 0 Å². The van der Waals surface area contributed by atoms with E-state index in [-0.39, 0.29) is 5.41 Å². The van der Waals surface area contributed by atoms with Crippen molar-refractivity contribution in [2.24, 2.45) is 17.1 Å². The Labute approximate surface area is 128 Å². The van der Waals surface area contributed by atoms with Gasteiger partial charge in [0.15, 0.2) is 0 Å². The summed E-state index contributed by atoms with van der Waals surface area (Å²) in [7, 11) is 1.69. The fraction of sp³-hybridized carbons (Fsp3) is 0.667. The number of rotatable bonds is 6. The molecule has 3 heteroatoms. The molecule has 0 bridgehead atoms. The first-order chi connectivity index (χ1) is 10.2. The van der Waals surface area contributed by atoms with Crippen LogP contribution in [0.1, 0.15) is 56.3 Å². The second-order valence-corrected chi connectivity index (χ2v) is 6.45. The monoisotopic (exact) mass is 291 g/mol. The van der Waals surface area contributed by atoms with Crippen molar-refractivity contribution < 1.29 is 9.84 Å². The quantitative estimate of drug-likeness (QED) is 0.844. The standard InChI is InChI=1S/C18H29NO2/c1-3-14-8-10-18(13-19,11-9-14)17(20)16-7-5-4-6-15(16)12-21-2/h4-7,14,17,20H,3,8-13,19H2,1-2H3. The minimum atomic E-state index is -0.494. The molecule has 1 unspecified atom stereocenters. The largest absolute Gasteiger partial charge is 0.388 e. The van der Waals surface area contributed by atoms with Gasteiger partial charge in [-0.15, -0.1) is 0 Å². The number of benzene rings is 1. The molecule has 1 aliphatic carbocycles. The molecule has 1 aromatic rings. The lowest BCUT2D eigenvalue weighted by atomic mass is 9.65. The molecule has 0 aliphatic heterocycles. The third kappa shape index (κ3) is 3.47. The molecular formula is C18H29NO2. The Morgan fingerprint density at radius 2 is 2.00 bits per heavy atom. The highest BCUT2D eigenvalue weighted by Crippen LogP contribution is 2.48. The summed E-state index contributed by atoms with van der Waals surface area (Å²) < 4.78 is 5.26. The number of ether oxygens (including phenoxy) is 1. The van der Waals surface area contributed by atoms with Gasteiger partial charge in [0.05, 0.1) is 12.7 Å². The maximum Gasteiger partial charge on any atom is 0.0861 e. The molecule has 0 radical (unpaired) electrons. The van der Waals surface area contributed by atoms with Gasteiger partial charge in [-0.25, -0.2) is 0 Å². The van der Waals surface area contributed by atoms with Gasteiger partial charge in [-0.1, -0.05) is 37.6 Å². The maximum absolute atomic E-state index is 11.0. The summed E-state index contributed by atoms with van der Waals surface area (Å²) in [5, 5.41) is 11.0. The zero-order valence-corrected chi connectivity index (χ0v) is 13.3. The van der Waals surface area contributed by atoms with E-state index in [0.717, 1.165) is 29.9 Å². The fourth-order valence-electron chi connectivity index (χ4n) is 3.67. The molecule has 118 valence electrons. The molecule has 3 N–H and O–H groups in total. The first-order valence-electron chi connectivity index (χ1n) is 8.11. The van der Waals surface area contributed by atoms with E-state index < -0.39 is 6.10 Å². The molecule has 3 nitrogen and oxygen atoms in total. The third-order valence-corrected chi connectivity index (χ3v) is 5.31. The fourth-order valence-corrected chi connectivity index (χ4v) is 3.67. The Kier molecular flexibility index (Phi) is 5.80. The van der Waals surface area contributed by atoms with Crippen LogP contribution in [0.5, 0.6) is 0 Å². The number of nitrogens with two attached hydrogens (primary N) is 1. The number of aliphatic hydroxyl groups excluding tert-OH is 1. The topological polar surface area (TPSA) is 55.5 Å². The summed E-state index contributed by atoms with van der Waals surface area (Å²) in [5.41, 5.74) is 7.98. The van der Waals surface area contributed by atoms with Crippen molar-refractivity contribution in [2.75, 3.05) is 13.7 Å². The van der Waals surface area contributed by atoms with Crippen molar-refractivity contribution >= 4 is 0 Å². The van der Waals surface area contributed by atoms with Crippen LogP contribution in [0, 0.1) is 11.3 Å². The summed E-state index contributed by atoms with van der Waals surface area (Å²) in [6.45, 7) is 3.34. The first kappa shape index (κ1) is 16.5. The molecular weight excluding hydrogens is 262 g/mol. The molecule has 21 heavy (non-hydrogen) atoms. The molecule has 1 saturated carbocycles. The molecule has 0 amide bonds. The minimum absolute atomic E-state index is 0.171. The van der Waals surface area contributed by atoms with E-state index in [1.165, 1.54) is 19.3 Å². The average molecular weight is 291 g/mol. The van der Waals surface area contributed by atoms with Crippen molar-refractivity contribution in [3.8, 4) is 0 Å². The lowest BCUT2D eigenvalue weighted by Gasteiger charge is -2.43. The van der Waals surface area contributed by atoms with E-state index in [2.05, 4.69) is 6.92 Å². The minimum Gasteiger partial charge on any atom is -0.388 e. The van der Waals surface area contributed by atoms with E-state index in [9.17, 15) is 5.11 Å². The zero-order valence-electron chi connectivity index (χ0n) is 13.3. The third-order valence-electron chi connectivity index (χ3n) is 5.31. The van der Waals surface area contributed by atoms with Crippen LogP contribution in [0.25, 0.3) is 0 Å².